The average molecular weight is 424 g/mol. The van der Waals surface area contributed by atoms with Gasteiger partial charge in [-0.1, -0.05) is 0 Å². The number of halogens is 3. The van der Waals surface area contributed by atoms with Gasteiger partial charge in [0.25, 0.3) is 0 Å². The van der Waals surface area contributed by atoms with Crippen molar-refractivity contribution in [3.8, 4) is 0 Å². The number of hydrogen-bond acceptors (Lipinski definition) is 0. The first-order valence-electron chi connectivity index (χ1n) is 7.41. The van der Waals surface area contributed by atoms with Crippen LogP contribution < -0.4 is 37.2 Å². The molecule has 23 heavy (non-hydrogen) atoms. The molecule has 0 N–H and O–H groups in total. The topological polar surface area (TPSA) is 0 Å². The fourth-order valence-corrected chi connectivity index (χ4v) is 6.79. The monoisotopic (exact) mass is 422 g/mol. The molecule has 0 nitrogen and oxygen atoms in total. The van der Waals surface area contributed by atoms with Gasteiger partial charge in [0.1, 0.15) is 0 Å². The summed E-state index contributed by atoms with van der Waals surface area (Å²) in [4.78, 5) is 0. The summed E-state index contributed by atoms with van der Waals surface area (Å²) in [7, 11) is -1.17. The molecule has 0 saturated heterocycles. The molecule has 126 valence electrons. The molecule has 5 heteroatoms. The van der Waals surface area contributed by atoms with Crippen LogP contribution in [0.15, 0.2) is 32.9 Å². The van der Waals surface area contributed by atoms with Gasteiger partial charge in [0.15, 0.2) is 0 Å². The Balaban J connectivity index is 0. The zero-order chi connectivity index (χ0) is 15.1. The largest absolute Gasteiger partial charge is 1.00 e. The predicted octanol–water partition coefficient (Wildman–Crippen LogP) is -3.83. The number of rotatable bonds is 3. The molecule has 1 aromatic carbocycles. The third kappa shape index (κ3) is 6.06. The average Bonchev–Trinajstić information content (AvgIpc) is 2.67. The molecule has 1 aromatic rings. The molecule has 0 spiro atoms. The molecule has 1 aliphatic carbocycles. The van der Waals surface area contributed by atoms with Crippen molar-refractivity contribution in [2.75, 3.05) is 0 Å². The van der Waals surface area contributed by atoms with E-state index in [1.165, 1.54) is 22.3 Å². The number of hydrogen-bond donors (Lipinski definition) is 0. The Morgan fingerprint density at radius 3 is 1.83 bits per heavy atom. The molecule has 0 fully saturated rings. The summed E-state index contributed by atoms with van der Waals surface area (Å²) in [6.07, 6.45) is 4.78. The van der Waals surface area contributed by atoms with Crippen molar-refractivity contribution in [3.63, 3.8) is 0 Å². The van der Waals surface area contributed by atoms with E-state index in [-0.39, 0.29) is 37.2 Å². The molecule has 0 aliphatic heterocycles. The van der Waals surface area contributed by atoms with Gasteiger partial charge in [0.05, 0.1) is 0 Å². The van der Waals surface area contributed by atoms with Crippen LogP contribution >= 0.6 is 0 Å². The fourth-order valence-electron chi connectivity index (χ4n) is 2.94. The molecule has 2 rings (SSSR count). The Morgan fingerprint density at radius 1 is 0.957 bits per heavy atom. The van der Waals surface area contributed by atoms with Gasteiger partial charge in [-0.05, 0) is 0 Å². The van der Waals surface area contributed by atoms with E-state index in [0.29, 0.717) is 0 Å². The van der Waals surface area contributed by atoms with Crippen LogP contribution in [0.2, 0.25) is 19.6 Å². The maximum absolute atomic E-state index is 2.49. The van der Waals surface area contributed by atoms with E-state index in [2.05, 4.69) is 79.1 Å². The first-order valence-corrected chi connectivity index (χ1v) is 11.7. The number of allylic oxidation sites excluding steroid dienone is 4. The summed E-state index contributed by atoms with van der Waals surface area (Å²) in [5.74, 6) is 0. The Labute approximate surface area is 173 Å². The van der Waals surface area contributed by atoms with E-state index in [0.717, 1.165) is 12.8 Å². The Hall–Kier alpha value is 0.501. The van der Waals surface area contributed by atoms with Crippen molar-refractivity contribution >= 4 is 8.07 Å². The van der Waals surface area contributed by atoms with E-state index in [1.54, 1.807) is 14.6 Å². The summed E-state index contributed by atoms with van der Waals surface area (Å²) < 4.78 is 1.58. The van der Waals surface area contributed by atoms with E-state index in [1.807, 2.05) is 0 Å². The smallest absolute Gasteiger partial charge is 1.00 e. The van der Waals surface area contributed by atoms with Gasteiger partial charge in [0.2, 0.25) is 0 Å². The number of benzene rings is 1. The molecule has 0 atom stereocenters. The van der Waals surface area contributed by atoms with Crippen molar-refractivity contribution in [1.82, 2.24) is 0 Å². The molecular weight excluding hydrogens is 399 g/mol. The van der Waals surface area contributed by atoms with Crippen molar-refractivity contribution in [2.45, 2.75) is 53.3 Å². The zero-order valence-corrected chi connectivity index (χ0v) is 19.6. The summed E-state index contributed by atoms with van der Waals surface area (Å²) in [5, 5.41) is 1.67. The second-order valence-corrected chi connectivity index (χ2v) is 12.9. The van der Waals surface area contributed by atoms with Crippen LogP contribution in [0.4, 0.5) is 0 Å². The number of aryl methyl sites for hydroxylation is 2. The molecule has 0 radical (unpaired) electrons. The van der Waals surface area contributed by atoms with Crippen LogP contribution in [0.1, 0.15) is 28.7 Å². The normalized spacial score (nSPS) is 13.8. The Bertz CT molecular complexity index is 590. The first-order chi connectivity index (χ1) is 9.20. The van der Waals surface area contributed by atoms with Gasteiger partial charge in [-0.2, -0.15) is 0 Å². The fraction of sp³-hybridized carbons (Fsp3) is 0.444. The summed E-state index contributed by atoms with van der Waals surface area (Å²) >= 11 is 2.33. The van der Waals surface area contributed by atoms with Crippen LogP contribution in [0.3, 0.4) is 0 Å². The second-order valence-electron chi connectivity index (χ2n) is 7.08. The van der Waals surface area contributed by atoms with Crippen molar-refractivity contribution in [1.29, 1.82) is 0 Å². The SMILES string of the molecule is Cc1cc(CC2=[C]([Ti+3])C([Si](C)(C)C)=CC2)cc(C)c1C.[Cl-].[Cl-].[Cl-]. The van der Waals surface area contributed by atoms with Gasteiger partial charge in [-0.3, -0.25) is 0 Å². The first kappa shape index (κ1) is 25.7. The predicted molar refractivity (Wildman–Crippen MR) is 87.4 cm³/mol. The summed E-state index contributed by atoms with van der Waals surface area (Å²) in [6.45, 7) is 14.0. The summed E-state index contributed by atoms with van der Waals surface area (Å²) in [6, 6.07) is 4.74. The maximum Gasteiger partial charge on any atom is -1.00 e. The maximum atomic E-state index is 2.49. The van der Waals surface area contributed by atoms with E-state index in [4.69, 9.17) is 0 Å². The van der Waals surface area contributed by atoms with Crippen LogP contribution in [0.25, 0.3) is 0 Å². The molecule has 1 aliphatic rings. The van der Waals surface area contributed by atoms with Crippen LogP contribution in [-0.2, 0) is 26.9 Å². The second kappa shape index (κ2) is 9.85. The molecule has 0 aromatic heterocycles. The molecular formula is C18H25Cl3SiTi. The van der Waals surface area contributed by atoms with Crippen LogP contribution in [0.5, 0.6) is 0 Å². The van der Waals surface area contributed by atoms with E-state index in [9.17, 15) is 0 Å². The molecule has 0 unspecified atom stereocenters. The van der Waals surface area contributed by atoms with Gasteiger partial charge in [0, 0.05) is 0 Å². The van der Waals surface area contributed by atoms with Crippen molar-refractivity contribution < 1.29 is 57.7 Å². The third-order valence-corrected chi connectivity index (χ3v) is 7.82. The Morgan fingerprint density at radius 2 is 1.43 bits per heavy atom. The van der Waals surface area contributed by atoms with Gasteiger partial charge in [-0.25, -0.2) is 0 Å². The van der Waals surface area contributed by atoms with Gasteiger partial charge >= 0.3 is 137 Å². The van der Waals surface area contributed by atoms with E-state index < -0.39 is 8.07 Å². The van der Waals surface area contributed by atoms with Crippen LogP contribution in [0, 0.1) is 20.8 Å². The molecule has 0 saturated carbocycles. The molecule has 0 bridgehead atoms. The van der Waals surface area contributed by atoms with Gasteiger partial charge in [-0.15, -0.1) is 0 Å². The summed E-state index contributed by atoms with van der Waals surface area (Å²) in [5.41, 5.74) is 7.39. The van der Waals surface area contributed by atoms with Crippen molar-refractivity contribution in [2.24, 2.45) is 0 Å². The zero-order valence-electron chi connectivity index (χ0n) is 14.8. The molecule has 0 amide bonds. The van der Waals surface area contributed by atoms with Crippen molar-refractivity contribution in [3.05, 3.63) is 55.1 Å². The quantitative estimate of drug-likeness (QED) is 0.437. The molecule has 0 heterocycles. The van der Waals surface area contributed by atoms with Crippen LogP contribution in [-0.4, -0.2) is 8.07 Å². The minimum atomic E-state index is -1.17. The van der Waals surface area contributed by atoms with Gasteiger partial charge < -0.3 is 37.2 Å². The third-order valence-electron chi connectivity index (χ3n) is 4.39. The standard InChI is InChI=1S/C18H25Si.3ClH.Ti/c1-13-9-17(10-14(2)15(13)3)11-16-7-8-18(12-16)19(4,5)6;;;;/h8-10H,7,11H2,1-6H3;3*1H;/q;;;;+3/p-3. The minimum absolute atomic E-state index is 0. The minimum Gasteiger partial charge on any atom is -1.00 e. The van der Waals surface area contributed by atoms with E-state index >= 15 is 0 Å². The Kier molecular flexibility index (Phi) is 11.0.